The molecule has 0 spiro atoms. The van der Waals surface area contributed by atoms with E-state index in [1.807, 2.05) is 55.5 Å². The molecule has 1 N–H and O–H groups in total. The molecule has 0 unspecified atom stereocenters. The van der Waals surface area contributed by atoms with Gasteiger partial charge in [-0.15, -0.1) is 0 Å². The highest BCUT2D eigenvalue weighted by atomic mass is 16.5. The third-order valence-electron chi connectivity index (χ3n) is 3.92. The van der Waals surface area contributed by atoms with Crippen molar-refractivity contribution in [3.63, 3.8) is 0 Å². The first-order valence-corrected chi connectivity index (χ1v) is 8.47. The lowest BCUT2D eigenvalue weighted by atomic mass is 10.1. The molecular weight excluding hydrogens is 314 g/mol. The minimum absolute atomic E-state index is 0.00688. The van der Waals surface area contributed by atoms with Gasteiger partial charge in [0.2, 0.25) is 11.7 Å². The van der Waals surface area contributed by atoms with E-state index in [0.717, 1.165) is 24.0 Å². The fourth-order valence-corrected chi connectivity index (χ4v) is 2.48. The van der Waals surface area contributed by atoms with Crippen molar-refractivity contribution in [3.8, 4) is 22.8 Å². The van der Waals surface area contributed by atoms with E-state index in [9.17, 15) is 4.79 Å². The molecule has 1 heterocycles. The number of nitrogens with zero attached hydrogens (tertiary/aromatic N) is 2. The summed E-state index contributed by atoms with van der Waals surface area (Å²) < 4.78 is 5.43. The first-order valence-electron chi connectivity index (χ1n) is 8.47. The number of anilines is 1. The largest absolute Gasteiger partial charge is 0.334 e. The summed E-state index contributed by atoms with van der Waals surface area (Å²) >= 11 is 0. The SMILES string of the molecule is CCCCC(=O)Nc1ccccc1-c1nc(-c2ccc(C)cc2)no1. The minimum atomic E-state index is -0.00688. The Balaban J connectivity index is 1.85. The van der Waals surface area contributed by atoms with Gasteiger partial charge in [-0.05, 0) is 25.5 Å². The lowest BCUT2D eigenvalue weighted by molar-refractivity contribution is -0.116. The van der Waals surface area contributed by atoms with Crippen LogP contribution in [-0.4, -0.2) is 16.0 Å². The zero-order valence-electron chi connectivity index (χ0n) is 14.5. The van der Waals surface area contributed by atoms with Crippen LogP contribution < -0.4 is 5.32 Å². The van der Waals surface area contributed by atoms with E-state index in [4.69, 9.17) is 4.52 Å². The molecule has 0 aliphatic rings. The van der Waals surface area contributed by atoms with Crippen LogP contribution in [0, 0.1) is 6.92 Å². The first kappa shape index (κ1) is 16.9. The van der Waals surface area contributed by atoms with Gasteiger partial charge in [0.25, 0.3) is 5.89 Å². The number of benzene rings is 2. The summed E-state index contributed by atoms with van der Waals surface area (Å²) in [5.41, 5.74) is 3.47. The van der Waals surface area contributed by atoms with Crippen molar-refractivity contribution >= 4 is 11.6 Å². The lowest BCUT2D eigenvalue weighted by Gasteiger charge is -2.08. The number of rotatable bonds is 6. The molecule has 0 bridgehead atoms. The predicted molar refractivity (Wildman–Crippen MR) is 98.1 cm³/mol. The zero-order chi connectivity index (χ0) is 17.6. The Bertz CT molecular complexity index is 853. The molecule has 0 fully saturated rings. The predicted octanol–water partition coefficient (Wildman–Crippen LogP) is 4.84. The summed E-state index contributed by atoms with van der Waals surface area (Å²) in [5.74, 6) is 0.914. The highest BCUT2D eigenvalue weighted by Crippen LogP contribution is 2.28. The molecule has 0 saturated carbocycles. The molecule has 0 radical (unpaired) electrons. The number of amides is 1. The van der Waals surface area contributed by atoms with E-state index in [1.54, 1.807) is 0 Å². The van der Waals surface area contributed by atoms with Crippen LogP contribution in [0.15, 0.2) is 53.1 Å². The average Bonchev–Trinajstić information content (AvgIpc) is 3.11. The van der Waals surface area contributed by atoms with E-state index in [0.29, 0.717) is 23.8 Å². The van der Waals surface area contributed by atoms with Crippen LogP contribution in [0.25, 0.3) is 22.8 Å². The summed E-state index contributed by atoms with van der Waals surface area (Å²) in [7, 11) is 0. The molecule has 5 heteroatoms. The number of carbonyl (C=O) groups excluding carboxylic acids is 1. The summed E-state index contributed by atoms with van der Waals surface area (Å²) in [6.07, 6.45) is 2.36. The van der Waals surface area contributed by atoms with Gasteiger partial charge in [-0.25, -0.2) is 0 Å². The summed E-state index contributed by atoms with van der Waals surface area (Å²) in [6.45, 7) is 4.09. The van der Waals surface area contributed by atoms with E-state index < -0.39 is 0 Å². The monoisotopic (exact) mass is 335 g/mol. The average molecular weight is 335 g/mol. The Kier molecular flexibility index (Phi) is 5.23. The zero-order valence-corrected chi connectivity index (χ0v) is 14.5. The van der Waals surface area contributed by atoms with Gasteiger partial charge in [0, 0.05) is 12.0 Å². The quantitative estimate of drug-likeness (QED) is 0.700. The van der Waals surface area contributed by atoms with Gasteiger partial charge in [0.15, 0.2) is 0 Å². The summed E-state index contributed by atoms with van der Waals surface area (Å²) in [6, 6.07) is 15.4. The van der Waals surface area contributed by atoms with Gasteiger partial charge in [0.1, 0.15) is 0 Å². The van der Waals surface area contributed by atoms with Gasteiger partial charge in [-0.3, -0.25) is 4.79 Å². The van der Waals surface area contributed by atoms with Crippen LogP contribution in [0.1, 0.15) is 31.7 Å². The summed E-state index contributed by atoms with van der Waals surface area (Å²) in [4.78, 5) is 16.5. The second-order valence-electron chi connectivity index (χ2n) is 5.99. The number of aryl methyl sites for hydroxylation is 1. The third kappa shape index (κ3) is 4.12. The van der Waals surface area contributed by atoms with E-state index in [2.05, 4.69) is 22.4 Å². The Morgan fingerprint density at radius 1 is 1.12 bits per heavy atom. The molecular formula is C20H21N3O2. The fourth-order valence-electron chi connectivity index (χ4n) is 2.48. The molecule has 1 aromatic heterocycles. The maximum atomic E-state index is 12.0. The second-order valence-corrected chi connectivity index (χ2v) is 5.99. The van der Waals surface area contributed by atoms with Gasteiger partial charge in [-0.2, -0.15) is 4.98 Å². The maximum absolute atomic E-state index is 12.0. The molecule has 5 nitrogen and oxygen atoms in total. The second kappa shape index (κ2) is 7.75. The molecule has 0 saturated heterocycles. The fraction of sp³-hybridized carbons (Fsp3) is 0.250. The van der Waals surface area contributed by atoms with Gasteiger partial charge in [0.05, 0.1) is 11.3 Å². The van der Waals surface area contributed by atoms with Crippen LogP contribution >= 0.6 is 0 Å². The van der Waals surface area contributed by atoms with Crippen LogP contribution in [0.2, 0.25) is 0 Å². The molecule has 0 atom stereocenters. The molecule has 25 heavy (non-hydrogen) atoms. The molecule has 128 valence electrons. The van der Waals surface area contributed by atoms with Gasteiger partial charge in [-0.1, -0.05) is 60.5 Å². The van der Waals surface area contributed by atoms with Crippen LogP contribution in [0.5, 0.6) is 0 Å². The van der Waals surface area contributed by atoms with Gasteiger partial charge >= 0.3 is 0 Å². The topological polar surface area (TPSA) is 68.0 Å². The summed E-state index contributed by atoms with van der Waals surface area (Å²) in [5, 5.41) is 7.00. The first-order chi connectivity index (χ1) is 12.2. The molecule has 3 aromatic rings. The van der Waals surface area contributed by atoms with Crippen molar-refractivity contribution in [1.29, 1.82) is 0 Å². The molecule has 3 rings (SSSR count). The minimum Gasteiger partial charge on any atom is -0.334 e. The Labute approximate surface area is 147 Å². The molecule has 0 aliphatic carbocycles. The maximum Gasteiger partial charge on any atom is 0.260 e. The normalized spacial score (nSPS) is 10.6. The number of aromatic nitrogens is 2. The Morgan fingerprint density at radius 3 is 2.64 bits per heavy atom. The van der Waals surface area contributed by atoms with Crippen molar-refractivity contribution in [3.05, 3.63) is 54.1 Å². The van der Waals surface area contributed by atoms with E-state index in [1.165, 1.54) is 5.56 Å². The molecule has 0 aliphatic heterocycles. The van der Waals surface area contributed by atoms with Crippen LogP contribution in [0.4, 0.5) is 5.69 Å². The van der Waals surface area contributed by atoms with Crippen LogP contribution in [-0.2, 0) is 4.79 Å². The van der Waals surface area contributed by atoms with E-state index in [-0.39, 0.29) is 5.91 Å². The third-order valence-corrected chi connectivity index (χ3v) is 3.92. The number of carbonyl (C=O) groups is 1. The molecule has 2 aromatic carbocycles. The van der Waals surface area contributed by atoms with Crippen LogP contribution in [0.3, 0.4) is 0 Å². The Hall–Kier alpha value is -2.95. The van der Waals surface area contributed by atoms with Crippen molar-refractivity contribution < 1.29 is 9.32 Å². The van der Waals surface area contributed by atoms with Crippen molar-refractivity contribution in [2.45, 2.75) is 33.1 Å². The Morgan fingerprint density at radius 2 is 1.88 bits per heavy atom. The number of nitrogens with one attached hydrogen (secondary N) is 1. The standard InChI is InChI=1S/C20H21N3O2/c1-3-4-9-18(24)21-17-8-6-5-7-16(17)20-22-19(23-25-20)15-12-10-14(2)11-13-15/h5-8,10-13H,3-4,9H2,1-2H3,(H,21,24). The number of hydrogen-bond donors (Lipinski definition) is 1. The van der Waals surface area contributed by atoms with Gasteiger partial charge < -0.3 is 9.84 Å². The number of unbranched alkanes of at least 4 members (excludes halogenated alkanes) is 1. The highest BCUT2D eigenvalue weighted by Gasteiger charge is 2.15. The number of hydrogen-bond acceptors (Lipinski definition) is 4. The van der Waals surface area contributed by atoms with Crippen molar-refractivity contribution in [1.82, 2.24) is 10.1 Å². The number of para-hydroxylation sites is 1. The lowest BCUT2D eigenvalue weighted by Crippen LogP contribution is -2.11. The highest BCUT2D eigenvalue weighted by molar-refractivity contribution is 5.94. The van der Waals surface area contributed by atoms with E-state index >= 15 is 0 Å². The molecule has 1 amide bonds. The van der Waals surface area contributed by atoms with Crippen molar-refractivity contribution in [2.24, 2.45) is 0 Å². The van der Waals surface area contributed by atoms with Crippen molar-refractivity contribution in [2.75, 3.05) is 5.32 Å². The smallest absolute Gasteiger partial charge is 0.260 e.